The van der Waals surface area contributed by atoms with Gasteiger partial charge in [-0.1, -0.05) is 23.2 Å². The first-order valence-corrected chi connectivity index (χ1v) is 5.31. The van der Waals surface area contributed by atoms with Crippen molar-refractivity contribution in [2.75, 3.05) is 7.11 Å². The normalized spacial score (nSPS) is 10.6. The number of pyridine rings is 1. The maximum Gasteiger partial charge on any atom is 0.340 e. The molecule has 1 heterocycles. The first-order valence-electron chi connectivity index (χ1n) is 4.56. The largest absolute Gasteiger partial charge is 0.465 e. The van der Waals surface area contributed by atoms with Crippen molar-refractivity contribution in [3.63, 3.8) is 0 Å². The molecule has 0 fully saturated rings. The van der Waals surface area contributed by atoms with E-state index in [0.29, 0.717) is 5.52 Å². The lowest BCUT2D eigenvalue weighted by Crippen LogP contribution is -2.03. The first-order chi connectivity index (χ1) is 8.04. The molecule has 0 saturated carbocycles. The SMILES string of the molecule is COC(=O)c1cnc2c(Cl)cc(F)cc2c1Cl. The molecule has 1 aromatic carbocycles. The minimum atomic E-state index is -0.634. The van der Waals surface area contributed by atoms with Crippen LogP contribution in [0.25, 0.3) is 10.9 Å². The molecule has 17 heavy (non-hydrogen) atoms. The van der Waals surface area contributed by atoms with E-state index in [-0.39, 0.29) is 21.0 Å². The van der Waals surface area contributed by atoms with Gasteiger partial charge in [0.25, 0.3) is 0 Å². The third-order valence-electron chi connectivity index (χ3n) is 2.23. The number of methoxy groups -OCH3 is 1. The predicted molar refractivity (Wildman–Crippen MR) is 63.1 cm³/mol. The van der Waals surface area contributed by atoms with Gasteiger partial charge >= 0.3 is 5.97 Å². The quantitative estimate of drug-likeness (QED) is 0.747. The Bertz CT molecular complexity index is 616. The molecule has 0 aliphatic rings. The number of aromatic nitrogens is 1. The van der Waals surface area contributed by atoms with E-state index >= 15 is 0 Å². The van der Waals surface area contributed by atoms with Crippen LogP contribution in [0.15, 0.2) is 18.3 Å². The van der Waals surface area contributed by atoms with Crippen LogP contribution in [0.5, 0.6) is 0 Å². The van der Waals surface area contributed by atoms with E-state index in [1.165, 1.54) is 19.4 Å². The number of esters is 1. The summed E-state index contributed by atoms with van der Waals surface area (Å²) in [5.74, 6) is -1.18. The highest BCUT2D eigenvalue weighted by Gasteiger charge is 2.16. The van der Waals surface area contributed by atoms with Gasteiger partial charge in [-0.3, -0.25) is 4.98 Å². The number of fused-ring (bicyclic) bond motifs is 1. The average molecular weight is 274 g/mol. The molecular formula is C11H6Cl2FNO2. The van der Waals surface area contributed by atoms with Crippen molar-refractivity contribution in [3.05, 3.63) is 39.8 Å². The molecule has 0 spiro atoms. The van der Waals surface area contributed by atoms with E-state index in [1.807, 2.05) is 0 Å². The highest BCUT2D eigenvalue weighted by Crippen LogP contribution is 2.31. The molecule has 0 bridgehead atoms. The second kappa shape index (κ2) is 4.47. The lowest BCUT2D eigenvalue weighted by atomic mass is 10.1. The van der Waals surface area contributed by atoms with Gasteiger partial charge in [-0.2, -0.15) is 0 Å². The second-order valence-electron chi connectivity index (χ2n) is 3.26. The van der Waals surface area contributed by atoms with Gasteiger partial charge in [-0.15, -0.1) is 0 Å². The molecule has 3 nitrogen and oxygen atoms in total. The molecule has 0 aliphatic heterocycles. The summed E-state index contributed by atoms with van der Waals surface area (Å²) in [5.41, 5.74) is 0.411. The van der Waals surface area contributed by atoms with Crippen molar-refractivity contribution in [2.24, 2.45) is 0 Å². The van der Waals surface area contributed by atoms with Crippen molar-refractivity contribution < 1.29 is 13.9 Å². The van der Waals surface area contributed by atoms with Crippen molar-refractivity contribution in [1.82, 2.24) is 4.98 Å². The highest BCUT2D eigenvalue weighted by atomic mass is 35.5. The number of hydrogen-bond acceptors (Lipinski definition) is 3. The number of carbonyl (C=O) groups excluding carboxylic acids is 1. The smallest absolute Gasteiger partial charge is 0.340 e. The van der Waals surface area contributed by atoms with E-state index in [1.54, 1.807) is 0 Å². The van der Waals surface area contributed by atoms with Crippen LogP contribution < -0.4 is 0 Å². The van der Waals surface area contributed by atoms with Crippen LogP contribution in [0.3, 0.4) is 0 Å². The van der Waals surface area contributed by atoms with E-state index in [2.05, 4.69) is 9.72 Å². The van der Waals surface area contributed by atoms with E-state index in [9.17, 15) is 9.18 Å². The summed E-state index contributed by atoms with van der Waals surface area (Å²) in [5, 5.41) is 0.487. The zero-order valence-electron chi connectivity index (χ0n) is 8.63. The molecule has 2 aromatic rings. The monoisotopic (exact) mass is 273 g/mol. The minimum absolute atomic E-state index is 0.0725. The Balaban J connectivity index is 2.79. The average Bonchev–Trinajstić information content (AvgIpc) is 2.29. The fourth-order valence-electron chi connectivity index (χ4n) is 1.45. The lowest BCUT2D eigenvalue weighted by Gasteiger charge is -2.06. The molecule has 6 heteroatoms. The Morgan fingerprint density at radius 3 is 2.76 bits per heavy atom. The van der Waals surface area contributed by atoms with Gasteiger partial charge in [0, 0.05) is 11.6 Å². The molecular weight excluding hydrogens is 268 g/mol. The standard InChI is InChI=1S/C11H6Cl2FNO2/c1-17-11(16)7-4-15-10-6(9(7)13)2-5(14)3-8(10)12/h2-4H,1H3. The van der Waals surface area contributed by atoms with Crippen LogP contribution in [0.1, 0.15) is 10.4 Å². The third kappa shape index (κ3) is 2.06. The van der Waals surface area contributed by atoms with Crippen LogP contribution >= 0.6 is 23.2 Å². The predicted octanol–water partition coefficient (Wildman–Crippen LogP) is 3.47. The zero-order chi connectivity index (χ0) is 12.6. The van der Waals surface area contributed by atoms with Crippen LogP contribution in [0.4, 0.5) is 4.39 Å². The fraction of sp³-hybridized carbons (Fsp3) is 0.0909. The molecule has 0 N–H and O–H groups in total. The maximum atomic E-state index is 13.2. The molecule has 0 radical (unpaired) electrons. The van der Waals surface area contributed by atoms with Crippen LogP contribution in [0, 0.1) is 5.82 Å². The van der Waals surface area contributed by atoms with Gasteiger partial charge in [-0.25, -0.2) is 9.18 Å². The lowest BCUT2D eigenvalue weighted by molar-refractivity contribution is 0.0600. The van der Waals surface area contributed by atoms with Gasteiger partial charge in [0.15, 0.2) is 0 Å². The molecule has 2 rings (SSSR count). The Labute approximate surface area is 106 Å². The number of ether oxygens (including phenoxy) is 1. The summed E-state index contributed by atoms with van der Waals surface area (Å²) in [6.07, 6.45) is 1.25. The summed E-state index contributed by atoms with van der Waals surface area (Å²) >= 11 is 11.8. The van der Waals surface area contributed by atoms with Gasteiger partial charge in [0.1, 0.15) is 5.82 Å². The van der Waals surface area contributed by atoms with Crippen molar-refractivity contribution >= 4 is 40.1 Å². The Morgan fingerprint density at radius 1 is 1.41 bits per heavy atom. The van der Waals surface area contributed by atoms with Crippen LogP contribution in [-0.2, 0) is 4.74 Å². The molecule has 0 unspecified atom stereocenters. The number of hydrogen-bond donors (Lipinski definition) is 0. The topological polar surface area (TPSA) is 39.2 Å². The van der Waals surface area contributed by atoms with Gasteiger partial charge in [0.2, 0.25) is 0 Å². The number of nitrogens with zero attached hydrogens (tertiary/aromatic N) is 1. The van der Waals surface area contributed by atoms with Crippen LogP contribution in [-0.4, -0.2) is 18.1 Å². The second-order valence-corrected chi connectivity index (χ2v) is 4.05. The van der Waals surface area contributed by atoms with E-state index in [0.717, 1.165) is 6.07 Å². The molecule has 0 atom stereocenters. The van der Waals surface area contributed by atoms with Gasteiger partial charge in [-0.05, 0) is 12.1 Å². The highest BCUT2D eigenvalue weighted by molar-refractivity contribution is 6.40. The van der Waals surface area contributed by atoms with E-state index in [4.69, 9.17) is 23.2 Å². The molecule has 0 aliphatic carbocycles. The number of carbonyl (C=O) groups is 1. The van der Waals surface area contributed by atoms with Crippen LogP contribution in [0.2, 0.25) is 10.0 Å². The summed E-state index contributed by atoms with van der Waals surface area (Å²) < 4.78 is 17.7. The summed E-state index contributed by atoms with van der Waals surface area (Å²) in [6, 6.07) is 2.30. The first kappa shape index (κ1) is 12.1. The Kier molecular flexibility index (Phi) is 3.17. The number of halogens is 3. The third-order valence-corrected chi connectivity index (χ3v) is 2.92. The maximum absolute atomic E-state index is 13.2. The summed E-state index contributed by atoms with van der Waals surface area (Å²) in [4.78, 5) is 15.3. The van der Waals surface area contributed by atoms with Crippen molar-refractivity contribution in [2.45, 2.75) is 0 Å². The zero-order valence-corrected chi connectivity index (χ0v) is 10.1. The summed E-state index contributed by atoms with van der Waals surface area (Å²) in [6.45, 7) is 0. The fourth-order valence-corrected chi connectivity index (χ4v) is 1.97. The van der Waals surface area contributed by atoms with Crippen molar-refractivity contribution in [1.29, 1.82) is 0 Å². The Hall–Kier alpha value is -1.39. The van der Waals surface area contributed by atoms with Crippen molar-refractivity contribution in [3.8, 4) is 0 Å². The Morgan fingerprint density at radius 2 is 2.12 bits per heavy atom. The minimum Gasteiger partial charge on any atom is -0.465 e. The van der Waals surface area contributed by atoms with E-state index < -0.39 is 11.8 Å². The van der Waals surface area contributed by atoms with Gasteiger partial charge in [0.05, 0.1) is 28.2 Å². The molecule has 1 aromatic heterocycles. The molecule has 88 valence electrons. The number of rotatable bonds is 1. The molecule has 0 amide bonds. The molecule has 0 saturated heterocycles. The van der Waals surface area contributed by atoms with Gasteiger partial charge < -0.3 is 4.74 Å². The summed E-state index contributed by atoms with van der Waals surface area (Å²) in [7, 11) is 1.22. The number of benzene rings is 1.